The van der Waals surface area contributed by atoms with E-state index in [4.69, 9.17) is 0 Å². The van der Waals surface area contributed by atoms with Gasteiger partial charge in [-0.3, -0.25) is 0 Å². The Morgan fingerprint density at radius 3 is 1.66 bits per heavy atom. The molecule has 0 saturated heterocycles. The van der Waals surface area contributed by atoms with Crippen molar-refractivity contribution in [2.24, 2.45) is 0 Å². The van der Waals surface area contributed by atoms with Crippen LogP contribution < -0.4 is 4.18 Å². The molecule has 3 nitrogen and oxygen atoms in total. The van der Waals surface area contributed by atoms with Crippen LogP contribution in [-0.4, -0.2) is 13.9 Å². The van der Waals surface area contributed by atoms with E-state index in [1.807, 2.05) is 54.6 Å². The Kier molecular flexibility index (Phi) is 7.16. The molecule has 192 valence electrons. The molecule has 4 rings (SSSR count). The van der Waals surface area contributed by atoms with Crippen molar-refractivity contribution in [2.45, 2.75) is 5.51 Å². The molecule has 0 aliphatic heterocycles. The summed E-state index contributed by atoms with van der Waals surface area (Å²) in [4.78, 5) is 0. The molecule has 0 atom stereocenters. The maximum absolute atomic E-state index is 13.0. The summed E-state index contributed by atoms with van der Waals surface area (Å²) in [5, 5.41) is 1.77. The van der Waals surface area contributed by atoms with Crippen LogP contribution in [0.15, 0.2) is 93.0 Å². The second-order valence-corrected chi connectivity index (χ2v) is 9.77. The molecule has 0 N–H and O–H groups in total. The molecule has 38 heavy (non-hydrogen) atoms. The van der Waals surface area contributed by atoms with E-state index < -0.39 is 21.4 Å². The third-order valence-corrected chi connectivity index (χ3v) is 7.14. The summed E-state index contributed by atoms with van der Waals surface area (Å²) in [5.41, 5.74) is -0.379. The smallest absolute Gasteiger partial charge is 0.375 e. The first-order valence-electron chi connectivity index (χ1n) is 11.4. The van der Waals surface area contributed by atoms with Gasteiger partial charge in [-0.1, -0.05) is 105 Å². The number of alkyl halides is 3. The third-order valence-electron chi connectivity index (χ3n) is 6.17. The molecule has 0 saturated carbocycles. The van der Waals surface area contributed by atoms with E-state index in [-0.39, 0.29) is 5.56 Å². The van der Waals surface area contributed by atoms with Crippen LogP contribution in [0.25, 0.3) is 57.3 Å². The maximum Gasteiger partial charge on any atom is 0.534 e. The lowest BCUT2D eigenvalue weighted by molar-refractivity contribution is -0.0500. The Balaban J connectivity index is 2.12. The molecule has 0 amide bonds. The topological polar surface area (TPSA) is 43.4 Å². The Labute approximate surface area is 219 Å². The van der Waals surface area contributed by atoms with Gasteiger partial charge in [0.1, 0.15) is 0 Å². The zero-order valence-electron chi connectivity index (χ0n) is 20.3. The molecule has 0 aromatic heterocycles. The number of hydrogen-bond donors (Lipinski definition) is 0. The van der Waals surface area contributed by atoms with Gasteiger partial charge >= 0.3 is 15.6 Å². The van der Waals surface area contributed by atoms with Gasteiger partial charge < -0.3 is 4.18 Å². The van der Waals surface area contributed by atoms with Gasteiger partial charge in [0, 0.05) is 5.56 Å². The quantitative estimate of drug-likeness (QED) is 0.168. The first-order valence-corrected chi connectivity index (χ1v) is 12.8. The maximum atomic E-state index is 13.0. The highest BCUT2D eigenvalue weighted by molar-refractivity contribution is 7.88. The molecular weight excluding hydrogens is 509 g/mol. The molecule has 0 radical (unpaired) electrons. The van der Waals surface area contributed by atoms with Crippen molar-refractivity contribution in [3.8, 4) is 28.0 Å². The van der Waals surface area contributed by atoms with Gasteiger partial charge in [0.25, 0.3) is 0 Å². The molecule has 0 unspecified atom stereocenters. The number of halogens is 3. The van der Waals surface area contributed by atoms with Crippen LogP contribution >= 0.6 is 0 Å². The third kappa shape index (κ3) is 4.46. The average molecular weight is 533 g/mol. The van der Waals surface area contributed by atoms with Crippen LogP contribution in [-0.2, 0) is 10.1 Å². The van der Waals surface area contributed by atoms with Gasteiger partial charge in [0.05, 0.1) is 0 Å². The van der Waals surface area contributed by atoms with Crippen LogP contribution in [0.3, 0.4) is 0 Å². The summed E-state index contributed by atoms with van der Waals surface area (Å²) >= 11 is 0. The second kappa shape index (κ2) is 10.2. The Morgan fingerprint density at radius 1 is 0.632 bits per heavy atom. The van der Waals surface area contributed by atoms with Crippen LogP contribution in [0.4, 0.5) is 13.2 Å². The summed E-state index contributed by atoms with van der Waals surface area (Å²) in [7, 11) is -5.89. The van der Waals surface area contributed by atoms with Crippen molar-refractivity contribution >= 4 is 45.2 Å². The molecule has 0 heterocycles. The van der Waals surface area contributed by atoms with Crippen LogP contribution in [0.5, 0.6) is 5.75 Å². The van der Waals surface area contributed by atoms with Gasteiger partial charge in [-0.05, 0) is 61.8 Å². The minimum absolute atomic E-state index is 0.0525. The van der Waals surface area contributed by atoms with Crippen molar-refractivity contribution in [3.05, 3.63) is 115 Å². The molecule has 4 aromatic rings. The number of fused-ring (bicyclic) bond motifs is 1. The predicted molar refractivity (Wildman–Crippen MR) is 151 cm³/mol. The van der Waals surface area contributed by atoms with Crippen molar-refractivity contribution < 1.29 is 25.8 Å². The first-order chi connectivity index (χ1) is 18.1. The van der Waals surface area contributed by atoms with E-state index in [9.17, 15) is 21.6 Å². The van der Waals surface area contributed by atoms with E-state index in [0.717, 1.165) is 38.6 Å². The Morgan fingerprint density at radius 2 is 1.13 bits per heavy atom. The minimum atomic E-state index is -5.89. The largest absolute Gasteiger partial charge is 0.534 e. The Bertz CT molecular complexity index is 1700. The number of rotatable bonds is 8. The fraction of sp³-hybridized carbons (Fsp3) is 0.0323. The highest BCUT2D eigenvalue weighted by Crippen LogP contribution is 2.46. The summed E-state index contributed by atoms with van der Waals surface area (Å²) < 4.78 is 67.1. The van der Waals surface area contributed by atoms with E-state index in [2.05, 4.69) is 30.5 Å². The average Bonchev–Trinajstić information content (AvgIpc) is 2.91. The molecule has 0 bridgehead atoms. The van der Waals surface area contributed by atoms with Crippen molar-refractivity contribution in [1.29, 1.82) is 0 Å². The van der Waals surface area contributed by atoms with E-state index in [0.29, 0.717) is 11.1 Å². The molecule has 0 spiro atoms. The molecule has 0 aliphatic rings. The van der Waals surface area contributed by atoms with Crippen LogP contribution in [0, 0.1) is 0 Å². The highest BCUT2D eigenvalue weighted by atomic mass is 32.2. The lowest BCUT2D eigenvalue weighted by Gasteiger charge is -2.22. The lowest BCUT2D eigenvalue weighted by Crippen LogP contribution is -2.28. The molecular formula is C31H23F3O3S. The molecule has 0 aliphatic carbocycles. The molecule has 7 heteroatoms. The monoisotopic (exact) mass is 532 g/mol. The Hall–Kier alpha value is -4.36. The second-order valence-electron chi connectivity index (χ2n) is 8.23. The zero-order valence-corrected chi connectivity index (χ0v) is 21.1. The number of benzene rings is 4. The van der Waals surface area contributed by atoms with Crippen LogP contribution in [0.1, 0.15) is 22.3 Å². The van der Waals surface area contributed by atoms with Gasteiger partial charge in [-0.15, -0.1) is 0 Å². The fourth-order valence-electron chi connectivity index (χ4n) is 4.61. The van der Waals surface area contributed by atoms with Gasteiger partial charge in [0.2, 0.25) is 0 Å². The van der Waals surface area contributed by atoms with Crippen molar-refractivity contribution in [1.82, 2.24) is 0 Å². The minimum Gasteiger partial charge on any atom is -0.375 e. The van der Waals surface area contributed by atoms with Crippen LogP contribution in [0.2, 0.25) is 0 Å². The van der Waals surface area contributed by atoms with Crippen molar-refractivity contribution in [2.75, 3.05) is 0 Å². The first kappa shape index (κ1) is 26.7. The highest BCUT2D eigenvalue weighted by Gasteiger charge is 2.48. The summed E-state index contributed by atoms with van der Waals surface area (Å²) in [5.74, 6) is -0.509. The number of hydrogen-bond acceptors (Lipinski definition) is 3. The summed E-state index contributed by atoms with van der Waals surface area (Å²) in [6.07, 6.45) is 6.11. The molecule has 0 fully saturated rings. The summed E-state index contributed by atoms with van der Waals surface area (Å²) in [6, 6.07) is 20.2. The summed E-state index contributed by atoms with van der Waals surface area (Å²) in [6.45, 7) is 15.6. The van der Waals surface area contributed by atoms with Crippen molar-refractivity contribution in [3.63, 3.8) is 0 Å². The zero-order chi connectivity index (χ0) is 27.7. The molecule has 4 aromatic carbocycles. The lowest BCUT2D eigenvalue weighted by atomic mass is 9.81. The SMILES string of the molecule is C=Cc1c(OS(=O)(=O)C(F)(F)F)ccc(-c2c(C=C)c(C=C)c(-c3ccccc3)c3ccccc23)c1C=C. The normalized spacial score (nSPS) is 11.7. The van der Waals surface area contributed by atoms with Gasteiger partial charge in [-0.25, -0.2) is 0 Å². The van der Waals surface area contributed by atoms with E-state index in [1.54, 1.807) is 12.2 Å². The van der Waals surface area contributed by atoms with E-state index >= 15 is 0 Å². The van der Waals surface area contributed by atoms with E-state index in [1.165, 1.54) is 24.3 Å². The standard InChI is InChI=1S/C31H23F3O3S/c1-5-21-22(6-2)28(37-38(35,36)31(32,33)34)19-18-27(21)30-24(8-4)23(7-3)29(20-14-10-9-11-15-20)25-16-12-13-17-26(25)30/h5-19H,1-4H2. The van der Waals surface area contributed by atoms with Gasteiger partial charge in [0.15, 0.2) is 5.75 Å². The predicted octanol–water partition coefficient (Wildman–Crippen LogP) is 8.97. The van der Waals surface area contributed by atoms with Gasteiger partial charge in [-0.2, -0.15) is 21.6 Å². The fourth-order valence-corrected chi connectivity index (χ4v) is 5.09.